The molecule has 0 aromatic carbocycles. The second-order valence-corrected chi connectivity index (χ2v) is 7.61. The molecule has 0 bridgehead atoms. The molecule has 0 saturated heterocycles. The van der Waals surface area contributed by atoms with Gasteiger partial charge in [-0.15, -0.1) is 23.5 Å². The van der Waals surface area contributed by atoms with E-state index in [1.54, 1.807) is 0 Å². The summed E-state index contributed by atoms with van der Waals surface area (Å²) in [6, 6.07) is 0. The Labute approximate surface area is 116 Å². The maximum Gasteiger partial charge on any atom is 0.0612 e. The maximum absolute atomic E-state index is 5.67. The zero-order chi connectivity index (χ0) is 13.0. The minimum atomic E-state index is 0.380. The molecule has 0 amide bonds. The Hall–Kier alpha value is 0.620. The number of unbranched alkanes of at least 4 members (excludes halogenated alkanes) is 2. The van der Waals surface area contributed by atoms with Gasteiger partial charge in [0.2, 0.25) is 0 Å². The summed E-state index contributed by atoms with van der Waals surface area (Å²) in [5.41, 5.74) is 11.3. The smallest absolute Gasteiger partial charge is 0.0612 e. The summed E-state index contributed by atoms with van der Waals surface area (Å²) < 4.78 is 0.380. The predicted octanol–water partition coefficient (Wildman–Crippen LogP) is 3.45. The van der Waals surface area contributed by atoms with Gasteiger partial charge in [0.1, 0.15) is 0 Å². The van der Waals surface area contributed by atoms with E-state index in [0.717, 1.165) is 24.6 Å². The minimum Gasteiger partial charge on any atom is -0.330 e. The van der Waals surface area contributed by atoms with Crippen molar-refractivity contribution in [2.24, 2.45) is 11.5 Å². The average Bonchev–Trinajstić information content (AvgIpc) is 2.37. The van der Waals surface area contributed by atoms with Crippen LogP contribution in [0.25, 0.3) is 0 Å². The number of hydrogen-bond acceptors (Lipinski definition) is 4. The molecule has 0 unspecified atom stereocenters. The highest BCUT2D eigenvalue weighted by molar-refractivity contribution is 8.18. The van der Waals surface area contributed by atoms with Gasteiger partial charge in [0.05, 0.1) is 4.08 Å². The van der Waals surface area contributed by atoms with Crippen LogP contribution in [0.3, 0.4) is 0 Å². The standard InChI is InChI=1S/C13H30N2S2/c1-3-5-7-13(8-6-4-2,16-11-9-14)17-12-10-15/h3-12,14-15H2,1-2H3. The van der Waals surface area contributed by atoms with E-state index in [4.69, 9.17) is 11.5 Å². The first-order valence-electron chi connectivity index (χ1n) is 6.92. The van der Waals surface area contributed by atoms with Crippen LogP contribution in [0.4, 0.5) is 0 Å². The summed E-state index contributed by atoms with van der Waals surface area (Å²) in [5, 5.41) is 0. The van der Waals surface area contributed by atoms with Gasteiger partial charge in [-0.3, -0.25) is 0 Å². The second-order valence-electron chi connectivity index (χ2n) is 4.39. The molecule has 0 aliphatic carbocycles. The Morgan fingerprint density at radius 3 is 1.53 bits per heavy atom. The molecule has 0 rings (SSSR count). The van der Waals surface area contributed by atoms with E-state index in [1.165, 1.54) is 38.5 Å². The van der Waals surface area contributed by atoms with Crippen LogP contribution in [0.1, 0.15) is 52.4 Å². The van der Waals surface area contributed by atoms with Crippen LogP contribution in [-0.2, 0) is 0 Å². The average molecular weight is 279 g/mol. The first-order chi connectivity index (χ1) is 8.24. The van der Waals surface area contributed by atoms with Gasteiger partial charge in [0.25, 0.3) is 0 Å². The van der Waals surface area contributed by atoms with Gasteiger partial charge < -0.3 is 11.5 Å². The summed E-state index contributed by atoms with van der Waals surface area (Å²) in [5.74, 6) is 2.15. The monoisotopic (exact) mass is 278 g/mol. The van der Waals surface area contributed by atoms with Crippen LogP contribution in [0.15, 0.2) is 0 Å². The Balaban J connectivity index is 4.39. The third kappa shape index (κ3) is 8.36. The van der Waals surface area contributed by atoms with Crippen molar-refractivity contribution < 1.29 is 0 Å². The normalized spacial score (nSPS) is 12.0. The van der Waals surface area contributed by atoms with E-state index in [1.807, 2.05) is 0 Å². The molecule has 0 saturated carbocycles. The van der Waals surface area contributed by atoms with Crippen molar-refractivity contribution in [3.8, 4) is 0 Å². The first kappa shape index (κ1) is 17.6. The predicted molar refractivity (Wildman–Crippen MR) is 84.8 cm³/mol. The molecule has 17 heavy (non-hydrogen) atoms. The lowest BCUT2D eigenvalue weighted by atomic mass is 10.1. The highest BCUT2D eigenvalue weighted by atomic mass is 32.2. The highest BCUT2D eigenvalue weighted by Gasteiger charge is 2.29. The minimum absolute atomic E-state index is 0.380. The molecule has 4 heteroatoms. The third-order valence-electron chi connectivity index (χ3n) is 2.79. The van der Waals surface area contributed by atoms with Gasteiger partial charge in [-0.25, -0.2) is 0 Å². The van der Waals surface area contributed by atoms with Crippen LogP contribution >= 0.6 is 23.5 Å². The third-order valence-corrected chi connectivity index (χ3v) is 6.24. The SMILES string of the molecule is CCCCC(CCCC)(SCCN)SCCN. The Bertz CT molecular complexity index is 128. The molecule has 0 radical (unpaired) electrons. The van der Waals surface area contributed by atoms with Crippen molar-refractivity contribution in [3.05, 3.63) is 0 Å². The van der Waals surface area contributed by atoms with Crippen molar-refractivity contribution >= 4 is 23.5 Å². The van der Waals surface area contributed by atoms with Crippen LogP contribution in [-0.4, -0.2) is 28.7 Å². The number of hydrogen-bond donors (Lipinski definition) is 2. The van der Waals surface area contributed by atoms with Crippen molar-refractivity contribution in [2.75, 3.05) is 24.6 Å². The highest BCUT2D eigenvalue weighted by Crippen LogP contribution is 2.45. The molecule has 0 heterocycles. The van der Waals surface area contributed by atoms with Crippen molar-refractivity contribution in [1.82, 2.24) is 0 Å². The fourth-order valence-electron chi connectivity index (χ4n) is 1.84. The van der Waals surface area contributed by atoms with Crippen molar-refractivity contribution in [3.63, 3.8) is 0 Å². The molecule has 0 atom stereocenters. The van der Waals surface area contributed by atoms with Gasteiger partial charge in [-0.05, 0) is 12.8 Å². The summed E-state index contributed by atoms with van der Waals surface area (Å²) in [6.45, 7) is 6.11. The molecular weight excluding hydrogens is 248 g/mol. The summed E-state index contributed by atoms with van der Waals surface area (Å²) in [4.78, 5) is 0. The van der Waals surface area contributed by atoms with Crippen LogP contribution in [0.2, 0.25) is 0 Å². The summed E-state index contributed by atoms with van der Waals surface area (Å²) in [6.07, 6.45) is 7.80. The maximum atomic E-state index is 5.67. The van der Waals surface area contributed by atoms with Crippen molar-refractivity contribution in [1.29, 1.82) is 0 Å². The van der Waals surface area contributed by atoms with Crippen LogP contribution in [0.5, 0.6) is 0 Å². The van der Waals surface area contributed by atoms with E-state index in [-0.39, 0.29) is 0 Å². The molecule has 0 aromatic rings. The summed E-state index contributed by atoms with van der Waals surface area (Å²) in [7, 11) is 0. The zero-order valence-corrected chi connectivity index (χ0v) is 13.2. The van der Waals surface area contributed by atoms with E-state index in [0.29, 0.717) is 4.08 Å². The Morgan fingerprint density at radius 1 is 0.824 bits per heavy atom. The second kappa shape index (κ2) is 11.7. The number of nitrogens with two attached hydrogens (primary N) is 2. The quantitative estimate of drug-likeness (QED) is 0.537. The lowest BCUT2D eigenvalue weighted by molar-refractivity contribution is 0.584. The van der Waals surface area contributed by atoms with E-state index < -0.39 is 0 Å². The first-order valence-corrected chi connectivity index (χ1v) is 8.89. The fraction of sp³-hybridized carbons (Fsp3) is 1.00. The molecular formula is C13H30N2S2. The molecule has 0 spiro atoms. The number of thioether (sulfide) groups is 2. The van der Waals surface area contributed by atoms with E-state index in [2.05, 4.69) is 37.4 Å². The molecule has 0 aromatic heterocycles. The zero-order valence-electron chi connectivity index (χ0n) is 11.5. The van der Waals surface area contributed by atoms with Crippen molar-refractivity contribution in [2.45, 2.75) is 56.5 Å². The number of rotatable bonds is 12. The van der Waals surface area contributed by atoms with Gasteiger partial charge in [-0.2, -0.15) is 0 Å². The van der Waals surface area contributed by atoms with Crippen LogP contribution in [0, 0.1) is 0 Å². The van der Waals surface area contributed by atoms with Gasteiger partial charge in [0, 0.05) is 24.6 Å². The fourth-order valence-corrected chi connectivity index (χ4v) is 4.81. The van der Waals surface area contributed by atoms with E-state index >= 15 is 0 Å². The van der Waals surface area contributed by atoms with Gasteiger partial charge in [-0.1, -0.05) is 39.5 Å². The topological polar surface area (TPSA) is 52.0 Å². The molecule has 4 N–H and O–H groups in total. The molecule has 2 nitrogen and oxygen atoms in total. The lowest BCUT2D eigenvalue weighted by Gasteiger charge is -2.33. The largest absolute Gasteiger partial charge is 0.330 e. The summed E-state index contributed by atoms with van der Waals surface area (Å²) >= 11 is 4.14. The van der Waals surface area contributed by atoms with Crippen LogP contribution < -0.4 is 11.5 Å². The molecule has 0 fully saturated rings. The molecule has 0 aliphatic rings. The molecule has 0 aliphatic heterocycles. The Kier molecular flexibility index (Phi) is 12.1. The lowest BCUT2D eigenvalue weighted by Crippen LogP contribution is -2.24. The van der Waals surface area contributed by atoms with Gasteiger partial charge in [0.15, 0.2) is 0 Å². The Morgan fingerprint density at radius 2 is 1.24 bits per heavy atom. The van der Waals surface area contributed by atoms with Gasteiger partial charge >= 0.3 is 0 Å². The van der Waals surface area contributed by atoms with E-state index in [9.17, 15) is 0 Å². The molecule has 104 valence electrons.